The van der Waals surface area contributed by atoms with Gasteiger partial charge in [-0.15, -0.1) is 0 Å². The zero-order valence-corrected chi connectivity index (χ0v) is 10.2. The van der Waals surface area contributed by atoms with Gasteiger partial charge in [-0.1, -0.05) is 0 Å². The van der Waals surface area contributed by atoms with Gasteiger partial charge >= 0.3 is 0 Å². The van der Waals surface area contributed by atoms with E-state index in [0.29, 0.717) is 5.56 Å². The highest BCUT2D eigenvalue weighted by Gasteiger charge is 2.09. The predicted molar refractivity (Wildman–Crippen MR) is 72.2 cm³/mol. The molecule has 20 heavy (non-hydrogen) atoms. The summed E-state index contributed by atoms with van der Waals surface area (Å²) >= 11 is 0. The third-order valence-electron chi connectivity index (χ3n) is 2.97. The van der Waals surface area contributed by atoms with Crippen molar-refractivity contribution >= 4 is 16.7 Å². The van der Waals surface area contributed by atoms with Gasteiger partial charge in [0.25, 0.3) is 0 Å². The maximum Gasteiger partial charge on any atom is 0.193 e. The first-order chi connectivity index (χ1) is 9.54. The first kappa shape index (κ1) is 12.3. The van der Waals surface area contributed by atoms with Crippen molar-refractivity contribution in [1.29, 1.82) is 0 Å². The van der Waals surface area contributed by atoms with Crippen molar-refractivity contribution in [3.05, 3.63) is 64.3 Å². The lowest BCUT2D eigenvalue weighted by atomic mass is 10.1. The first-order valence-corrected chi connectivity index (χ1v) is 5.83. The SMILES string of the molecule is Nc1cc(-c2cc(=O)c3cc(F)ccc3o2)ccc1F. The van der Waals surface area contributed by atoms with E-state index < -0.39 is 11.6 Å². The van der Waals surface area contributed by atoms with E-state index in [-0.39, 0.29) is 27.8 Å². The van der Waals surface area contributed by atoms with Crippen molar-refractivity contribution in [3.63, 3.8) is 0 Å². The Morgan fingerprint density at radius 3 is 2.55 bits per heavy atom. The number of hydrogen-bond donors (Lipinski definition) is 1. The normalized spacial score (nSPS) is 10.9. The van der Waals surface area contributed by atoms with Gasteiger partial charge < -0.3 is 10.2 Å². The first-order valence-electron chi connectivity index (χ1n) is 5.83. The molecule has 0 atom stereocenters. The maximum atomic E-state index is 13.1. The van der Waals surface area contributed by atoms with Gasteiger partial charge in [-0.3, -0.25) is 4.79 Å². The van der Waals surface area contributed by atoms with E-state index in [9.17, 15) is 13.6 Å². The van der Waals surface area contributed by atoms with Gasteiger partial charge in [0.15, 0.2) is 5.43 Å². The van der Waals surface area contributed by atoms with Crippen molar-refractivity contribution in [3.8, 4) is 11.3 Å². The molecule has 100 valence electrons. The number of halogens is 2. The molecule has 0 saturated carbocycles. The monoisotopic (exact) mass is 273 g/mol. The molecule has 3 aromatic rings. The number of hydrogen-bond acceptors (Lipinski definition) is 3. The largest absolute Gasteiger partial charge is 0.456 e. The lowest BCUT2D eigenvalue weighted by molar-refractivity contribution is 0.607. The van der Waals surface area contributed by atoms with Crippen LogP contribution in [0.4, 0.5) is 14.5 Å². The second-order valence-corrected chi connectivity index (χ2v) is 4.35. The van der Waals surface area contributed by atoms with E-state index in [4.69, 9.17) is 10.2 Å². The van der Waals surface area contributed by atoms with Gasteiger partial charge in [0, 0.05) is 11.6 Å². The van der Waals surface area contributed by atoms with Crippen LogP contribution in [-0.2, 0) is 0 Å². The molecule has 2 aromatic carbocycles. The van der Waals surface area contributed by atoms with Crippen molar-refractivity contribution in [2.24, 2.45) is 0 Å². The minimum atomic E-state index is -0.543. The van der Waals surface area contributed by atoms with Crippen LogP contribution in [0.5, 0.6) is 0 Å². The smallest absolute Gasteiger partial charge is 0.193 e. The second-order valence-electron chi connectivity index (χ2n) is 4.35. The number of anilines is 1. The number of fused-ring (bicyclic) bond motifs is 1. The Labute approximate surface area is 112 Å². The highest BCUT2D eigenvalue weighted by Crippen LogP contribution is 2.25. The number of rotatable bonds is 1. The lowest BCUT2D eigenvalue weighted by Crippen LogP contribution is -2.01. The zero-order valence-electron chi connectivity index (χ0n) is 10.2. The molecule has 5 heteroatoms. The fourth-order valence-electron chi connectivity index (χ4n) is 1.97. The van der Waals surface area contributed by atoms with Crippen molar-refractivity contribution < 1.29 is 13.2 Å². The van der Waals surface area contributed by atoms with E-state index in [0.717, 1.165) is 6.07 Å². The summed E-state index contributed by atoms with van der Waals surface area (Å²) in [5, 5.41) is 0.156. The van der Waals surface area contributed by atoms with Crippen molar-refractivity contribution in [1.82, 2.24) is 0 Å². The summed E-state index contributed by atoms with van der Waals surface area (Å²) in [5.74, 6) is -0.802. The number of nitrogens with two attached hydrogens (primary N) is 1. The minimum Gasteiger partial charge on any atom is -0.456 e. The van der Waals surface area contributed by atoms with E-state index in [2.05, 4.69) is 0 Å². The second kappa shape index (κ2) is 4.45. The highest BCUT2D eigenvalue weighted by molar-refractivity contribution is 5.79. The van der Waals surface area contributed by atoms with Crippen LogP contribution in [0, 0.1) is 11.6 Å². The topological polar surface area (TPSA) is 56.2 Å². The molecule has 0 unspecified atom stereocenters. The molecule has 0 aliphatic carbocycles. The van der Waals surface area contributed by atoms with Crippen LogP contribution in [0.2, 0.25) is 0 Å². The van der Waals surface area contributed by atoms with Crippen molar-refractivity contribution in [2.45, 2.75) is 0 Å². The van der Waals surface area contributed by atoms with Crippen LogP contribution < -0.4 is 11.2 Å². The van der Waals surface area contributed by atoms with Gasteiger partial charge in [0.1, 0.15) is 23.0 Å². The van der Waals surface area contributed by atoms with Gasteiger partial charge in [0.05, 0.1) is 11.1 Å². The van der Waals surface area contributed by atoms with Gasteiger partial charge in [0.2, 0.25) is 0 Å². The Balaban J connectivity index is 2.24. The number of nitrogen functional groups attached to an aromatic ring is 1. The summed E-state index contributed by atoms with van der Waals surface area (Å²) in [5.41, 5.74) is 5.81. The minimum absolute atomic E-state index is 0.0376. The summed E-state index contributed by atoms with van der Waals surface area (Å²) in [6.45, 7) is 0. The van der Waals surface area contributed by atoms with E-state index >= 15 is 0 Å². The molecule has 0 radical (unpaired) electrons. The fraction of sp³-hybridized carbons (Fsp3) is 0. The molecule has 0 fully saturated rings. The Bertz CT molecular complexity index is 871. The Kier molecular flexibility index (Phi) is 2.75. The molecule has 0 saturated heterocycles. The third kappa shape index (κ3) is 2.03. The molecule has 3 rings (SSSR count). The predicted octanol–water partition coefficient (Wildman–Crippen LogP) is 3.32. The zero-order chi connectivity index (χ0) is 14.3. The molecule has 1 aromatic heterocycles. The summed E-state index contributed by atoms with van der Waals surface area (Å²) in [4.78, 5) is 11.9. The quantitative estimate of drug-likeness (QED) is 0.692. The van der Waals surface area contributed by atoms with Crippen LogP contribution in [-0.4, -0.2) is 0 Å². The maximum absolute atomic E-state index is 13.1. The van der Waals surface area contributed by atoms with Gasteiger partial charge in [-0.2, -0.15) is 0 Å². The Morgan fingerprint density at radius 1 is 1.00 bits per heavy atom. The molecule has 0 aliphatic heterocycles. The van der Waals surface area contributed by atoms with Crippen LogP contribution in [0.1, 0.15) is 0 Å². The van der Waals surface area contributed by atoms with Gasteiger partial charge in [-0.05, 0) is 36.4 Å². The summed E-state index contributed by atoms with van der Waals surface area (Å²) in [7, 11) is 0. The summed E-state index contributed by atoms with van der Waals surface area (Å²) in [6, 6.07) is 8.96. The van der Waals surface area contributed by atoms with E-state index in [1.54, 1.807) is 0 Å². The molecule has 0 bridgehead atoms. The molecule has 0 amide bonds. The Hall–Kier alpha value is -2.69. The average Bonchev–Trinajstić information content (AvgIpc) is 2.42. The summed E-state index contributed by atoms with van der Waals surface area (Å²) in [6.07, 6.45) is 0. The van der Waals surface area contributed by atoms with E-state index in [1.165, 1.54) is 36.4 Å². The molecular weight excluding hydrogens is 264 g/mol. The molecule has 1 heterocycles. The van der Waals surface area contributed by atoms with Gasteiger partial charge in [-0.25, -0.2) is 8.78 Å². The number of benzene rings is 2. The molecular formula is C15H9F2NO2. The lowest BCUT2D eigenvalue weighted by Gasteiger charge is -2.04. The van der Waals surface area contributed by atoms with Crippen LogP contribution in [0.15, 0.2) is 51.7 Å². The van der Waals surface area contributed by atoms with Crippen LogP contribution >= 0.6 is 0 Å². The van der Waals surface area contributed by atoms with Crippen LogP contribution in [0.3, 0.4) is 0 Å². The highest BCUT2D eigenvalue weighted by atomic mass is 19.1. The standard InChI is InChI=1S/C15H9F2NO2/c16-9-2-4-14-10(6-9)13(19)7-15(20-14)8-1-3-11(17)12(18)5-8/h1-7H,18H2. The molecule has 3 nitrogen and oxygen atoms in total. The van der Waals surface area contributed by atoms with E-state index in [1.807, 2.05) is 0 Å². The molecule has 0 spiro atoms. The fourth-order valence-corrected chi connectivity index (χ4v) is 1.97. The summed E-state index contributed by atoms with van der Waals surface area (Å²) < 4.78 is 31.8. The molecule has 0 aliphatic rings. The average molecular weight is 273 g/mol. The van der Waals surface area contributed by atoms with Crippen molar-refractivity contribution in [2.75, 3.05) is 5.73 Å². The molecule has 2 N–H and O–H groups in total. The third-order valence-corrected chi connectivity index (χ3v) is 2.97. The van der Waals surface area contributed by atoms with Crippen LogP contribution in [0.25, 0.3) is 22.3 Å². The Morgan fingerprint density at radius 2 is 1.80 bits per heavy atom.